The average molecular weight is 596 g/mol. The van der Waals surface area contributed by atoms with E-state index in [0.717, 1.165) is 16.5 Å². The van der Waals surface area contributed by atoms with Crippen molar-refractivity contribution in [2.45, 2.75) is 24.3 Å². The second-order valence-corrected chi connectivity index (χ2v) is 11.6. The summed E-state index contributed by atoms with van der Waals surface area (Å²) in [5.41, 5.74) is 3.69. The Labute approximate surface area is 236 Å². The maximum atomic E-state index is 13.2. The van der Waals surface area contributed by atoms with E-state index in [-0.39, 0.29) is 29.9 Å². The highest BCUT2D eigenvalue weighted by Crippen LogP contribution is 2.39. The molecular weight excluding hydrogens is 574 g/mol. The fourth-order valence-electron chi connectivity index (χ4n) is 4.23. The molecule has 3 aromatic carbocycles. The van der Waals surface area contributed by atoms with Gasteiger partial charge in [0.25, 0.3) is 0 Å². The van der Waals surface area contributed by atoms with Crippen molar-refractivity contribution in [3.63, 3.8) is 0 Å². The van der Waals surface area contributed by atoms with E-state index < -0.39 is 10.0 Å². The molecule has 1 aliphatic rings. The van der Waals surface area contributed by atoms with Gasteiger partial charge in [-0.25, -0.2) is 13.1 Å². The quantitative estimate of drug-likeness (QED) is 0.255. The molecule has 37 heavy (non-hydrogen) atoms. The summed E-state index contributed by atoms with van der Waals surface area (Å²) in [7, 11) is -3.84. The SMILES string of the molecule is Cc1cnc2c(S(=O)(=O)NCC3=NN(c4ccc(Cl)cc4Cl)C(c4ccc(Cl)cc4)C3)cccc2c1.Cl. The lowest BCUT2D eigenvalue weighted by molar-refractivity contribution is 0.587. The lowest BCUT2D eigenvalue weighted by Crippen LogP contribution is -2.29. The van der Waals surface area contributed by atoms with E-state index >= 15 is 0 Å². The molecule has 0 bridgehead atoms. The molecule has 5 rings (SSSR count). The molecule has 1 aromatic heterocycles. The van der Waals surface area contributed by atoms with Crippen LogP contribution in [-0.4, -0.2) is 25.7 Å². The summed E-state index contributed by atoms with van der Waals surface area (Å²) >= 11 is 18.7. The standard InChI is InChI=1S/C26H21Cl3N4O2S.ClH/c1-16-11-18-3-2-4-25(26(18)30-14-16)36(34,35)31-15-21-13-24(17-5-7-19(27)8-6-17)33(32-21)23-10-9-20(28)12-22(23)29;/h2-12,14,24,31H,13,15H2,1H3;1H. The van der Waals surface area contributed by atoms with Gasteiger partial charge in [-0.05, 0) is 60.5 Å². The van der Waals surface area contributed by atoms with E-state index in [2.05, 4.69) is 9.71 Å². The zero-order valence-corrected chi connectivity index (χ0v) is 23.4. The van der Waals surface area contributed by atoms with Gasteiger partial charge in [-0.15, -0.1) is 12.4 Å². The summed E-state index contributed by atoms with van der Waals surface area (Å²) in [5, 5.41) is 8.90. The topological polar surface area (TPSA) is 74.7 Å². The molecule has 1 aliphatic heterocycles. The molecule has 0 saturated carbocycles. The number of hydrogen-bond acceptors (Lipinski definition) is 5. The van der Waals surface area contributed by atoms with Crippen LogP contribution in [0, 0.1) is 6.92 Å². The van der Waals surface area contributed by atoms with Crippen LogP contribution < -0.4 is 9.73 Å². The molecule has 1 N–H and O–H groups in total. The molecule has 1 atom stereocenters. The minimum Gasteiger partial charge on any atom is -0.256 e. The third-order valence-corrected chi connectivity index (χ3v) is 8.17. The normalized spacial score (nSPS) is 15.5. The van der Waals surface area contributed by atoms with Gasteiger partial charge in [0.1, 0.15) is 4.90 Å². The van der Waals surface area contributed by atoms with Crippen molar-refractivity contribution >= 4 is 79.5 Å². The largest absolute Gasteiger partial charge is 0.256 e. The van der Waals surface area contributed by atoms with E-state index in [1.807, 2.05) is 43.3 Å². The smallest absolute Gasteiger partial charge is 0.243 e. The minimum atomic E-state index is -3.84. The monoisotopic (exact) mass is 594 g/mol. The van der Waals surface area contributed by atoms with Crippen molar-refractivity contribution in [2.24, 2.45) is 5.10 Å². The summed E-state index contributed by atoms with van der Waals surface area (Å²) in [4.78, 5) is 4.49. The van der Waals surface area contributed by atoms with E-state index in [1.165, 1.54) is 0 Å². The highest BCUT2D eigenvalue weighted by atomic mass is 35.5. The fourth-order valence-corrected chi connectivity index (χ4v) is 6.04. The number of aryl methyl sites for hydroxylation is 1. The molecule has 1 unspecified atom stereocenters. The maximum absolute atomic E-state index is 13.2. The van der Waals surface area contributed by atoms with Crippen molar-refractivity contribution < 1.29 is 8.42 Å². The van der Waals surface area contributed by atoms with Gasteiger partial charge in [0.05, 0.1) is 34.5 Å². The first-order valence-electron chi connectivity index (χ1n) is 11.1. The first-order valence-corrected chi connectivity index (χ1v) is 13.7. The second kappa shape index (κ2) is 11.2. The van der Waals surface area contributed by atoms with Gasteiger partial charge in [-0.1, -0.05) is 59.1 Å². The number of halogens is 4. The molecular formula is C26H22Cl4N4O2S. The fraction of sp³-hybridized carbons (Fsp3) is 0.154. The molecule has 0 spiro atoms. The van der Waals surface area contributed by atoms with Crippen molar-refractivity contribution in [1.29, 1.82) is 0 Å². The molecule has 192 valence electrons. The Bertz CT molecular complexity index is 1590. The molecule has 0 aliphatic carbocycles. The number of hydrogen-bond donors (Lipinski definition) is 1. The van der Waals surface area contributed by atoms with Crippen molar-refractivity contribution in [3.05, 3.63) is 99.1 Å². The Balaban J connectivity index is 0.00000320. The lowest BCUT2D eigenvalue weighted by atomic mass is 10.0. The van der Waals surface area contributed by atoms with Gasteiger partial charge in [0, 0.05) is 28.0 Å². The first kappa shape index (κ1) is 27.6. The molecule has 11 heteroatoms. The van der Waals surface area contributed by atoms with Crippen LogP contribution in [0.4, 0.5) is 5.69 Å². The number of anilines is 1. The van der Waals surface area contributed by atoms with Crippen molar-refractivity contribution in [1.82, 2.24) is 9.71 Å². The maximum Gasteiger partial charge on any atom is 0.243 e. The molecule has 0 fully saturated rings. The molecule has 0 saturated heterocycles. The first-order chi connectivity index (χ1) is 17.2. The number of para-hydroxylation sites is 1. The van der Waals surface area contributed by atoms with Gasteiger partial charge >= 0.3 is 0 Å². The number of nitrogens with one attached hydrogen (secondary N) is 1. The van der Waals surface area contributed by atoms with Crippen molar-refractivity contribution in [2.75, 3.05) is 11.6 Å². The third-order valence-electron chi connectivity index (χ3n) is 5.95. The van der Waals surface area contributed by atoms with Crippen LogP contribution in [0.3, 0.4) is 0 Å². The highest BCUT2D eigenvalue weighted by Gasteiger charge is 2.31. The summed E-state index contributed by atoms with van der Waals surface area (Å²) in [6, 6.07) is 19.5. The number of nitrogens with zero attached hydrogens (tertiary/aromatic N) is 3. The van der Waals surface area contributed by atoms with E-state index in [9.17, 15) is 8.42 Å². The van der Waals surface area contributed by atoms with E-state index in [0.29, 0.717) is 38.4 Å². The Morgan fingerprint density at radius 2 is 1.73 bits per heavy atom. The lowest BCUT2D eigenvalue weighted by Gasteiger charge is -2.25. The van der Waals surface area contributed by atoms with Gasteiger partial charge in [-0.2, -0.15) is 5.10 Å². The highest BCUT2D eigenvalue weighted by molar-refractivity contribution is 7.89. The summed E-state index contributed by atoms with van der Waals surface area (Å²) in [6.07, 6.45) is 2.16. The summed E-state index contributed by atoms with van der Waals surface area (Å²) in [5.74, 6) is 0. The van der Waals surface area contributed by atoms with Gasteiger partial charge in [0.2, 0.25) is 10.0 Å². The minimum absolute atomic E-state index is 0. The Kier molecular flexibility index (Phi) is 8.33. The second-order valence-electron chi connectivity index (χ2n) is 8.54. The van der Waals surface area contributed by atoms with Gasteiger partial charge < -0.3 is 0 Å². The molecule has 6 nitrogen and oxygen atoms in total. The molecule has 4 aromatic rings. The number of benzene rings is 3. The molecule has 0 amide bonds. The van der Waals surface area contributed by atoms with Crippen LogP contribution in [0.5, 0.6) is 0 Å². The zero-order chi connectivity index (χ0) is 25.4. The van der Waals surface area contributed by atoms with Crippen molar-refractivity contribution in [3.8, 4) is 0 Å². The third kappa shape index (κ3) is 5.87. The van der Waals surface area contributed by atoms with Gasteiger partial charge in [-0.3, -0.25) is 9.99 Å². The van der Waals surface area contributed by atoms with E-state index in [1.54, 1.807) is 41.5 Å². The number of aromatic nitrogens is 1. The van der Waals surface area contributed by atoms with Crippen LogP contribution in [0.2, 0.25) is 15.1 Å². The number of hydrazone groups is 1. The van der Waals surface area contributed by atoms with Crippen LogP contribution in [-0.2, 0) is 10.0 Å². The molecule has 0 radical (unpaired) electrons. The van der Waals surface area contributed by atoms with Crippen LogP contribution in [0.1, 0.15) is 23.6 Å². The van der Waals surface area contributed by atoms with Crippen LogP contribution in [0.25, 0.3) is 10.9 Å². The number of rotatable bonds is 6. The zero-order valence-electron chi connectivity index (χ0n) is 19.5. The average Bonchev–Trinajstić information content (AvgIpc) is 3.27. The Hall–Kier alpha value is -2.39. The predicted octanol–water partition coefficient (Wildman–Crippen LogP) is 7.21. The Morgan fingerprint density at radius 1 is 1.00 bits per heavy atom. The Morgan fingerprint density at radius 3 is 2.46 bits per heavy atom. The van der Waals surface area contributed by atoms with Gasteiger partial charge in [0.15, 0.2) is 0 Å². The number of pyridine rings is 1. The van der Waals surface area contributed by atoms with Crippen LogP contribution in [0.15, 0.2) is 82.9 Å². The summed E-state index contributed by atoms with van der Waals surface area (Å²) in [6.45, 7) is 1.95. The summed E-state index contributed by atoms with van der Waals surface area (Å²) < 4.78 is 29.2. The molecule has 2 heterocycles. The number of sulfonamides is 1. The van der Waals surface area contributed by atoms with Crippen LogP contribution >= 0.6 is 47.2 Å². The van der Waals surface area contributed by atoms with E-state index in [4.69, 9.17) is 39.9 Å². The predicted molar refractivity (Wildman–Crippen MR) is 154 cm³/mol. The number of fused-ring (bicyclic) bond motifs is 1.